The van der Waals surface area contributed by atoms with Crippen LogP contribution in [0.5, 0.6) is 0 Å². The van der Waals surface area contributed by atoms with E-state index in [0.29, 0.717) is 26.2 Å². The second kappa shape index (κ2) is 5.90. The molecule has 0 aliphatic carbocycles. The van der Waals surface area contributed by atoms with Crippen LogP contribution >= 0.6 is 23.2 Å². The Balaban J connectivity index is 2.28. The highest BCUT2D eigenvalue weighted by molar-refractivity contribution is 7.84. The van der Waals surface area contributed by atoms with E-state index in [9.17, 15) is 8.60 Å². The van der Waals surface area contributed by atoms with Crippen LogP contribution in [0.15, 0.2) is 41.3 Å². The summed E-state index contributed by atoms with van der Waals surface area (Å²) < 4.78 is 25.4. The molecule has 0 saturated carbocycles. The topological polar surface area (TPSA) is 43.1 Å². The summed E-state index contributed by atoms with van der Waals surface area (Å²) in [4.78, 5) is 0.428. The SMILES string of the molecule is Nc1cc(F)cc(CS(=O)c2cc(Cl)ccc2Cl)c1. The summed E-state index contributed by atoms with van der Waals surface area (Å²) in [6.07, 6.45) is 0. The summed E-state index contributed by atoms with van der Waals surface area (Å²) in [5.41, 5.74) is 6.39. The van der Waals surface area contributed by atoms with Crippen LogP contribution in [-0.4, -0.2) is 4.21 Å². The van der Waals surface area contributed by atoms with Gasteiger partial charge in [0.25, 0.3) is 0 Å². The van der Waals surface area contributed by atoms with Crippen molar-refractivity contribution in [3.8, 4) is 0 Å². The summed E-state index contributed by atoms with van der Waals surface area (Å²) in [6, 6.07) is 8.83. The average Bonchev–Trinajstić information content (AvgIpc) is 2.30. The third-order valence-electron chi connectivity index (χ3n) is 2.42. The molecule has 1 unspecified atom stereocenters. The van der Waals surface area contributed by atoms with Gasteiger partial charge in [0.05, 0.1) is 26.5 Å². The first kappa shape index (κ1) is 14.3. The van der Waals surface area contributed by atoms with E-state index in [1.165, 1.54) is 12.1 Å². The molecule has 6 heteroatoms. The van der Waals surface area contributed by atoms with Gasteiger partial charge in [-0.15, -0.1) is 0 Å². The molecule has 0 aliphatic heterocycles. The molecule has 0 heterocycles. The maximum Gasteiger partial charge on any atom is 0.125 e. The van der Waals surface area contributed by atoms with Gasteiger partial charge in [0, 0.05) is 10.7 Å². The van der Waals surface area contributed by atoms with Crippen LogP contribution in [0.25, 0.3) is 0 Å². The molecule has 0 radical (unpaired) electrons. The van der Waals surface area contributed by atoms with Crippen molar-refractivity contribution in [1.82, 2.24) is 0 Å². The second-order valence-corrected chi connectivity index (χ2v) is 6.22. The van der Waals surface area contributed by atoms with E-state index in [1.807, 2.05) is 0 Å². The van der Waals surface area contributed by atoms with Crippen molar-refractivity contribution >= 4 is 39.7 Å². The van der Waals surface area contributed by atoms with E-state index in [1.54, 1.807) is 24.3 Å². The van der Waals surface area contributed by atoms with Crippen molar-refractivity contribution in [2.45, 2.75) is 10.6 Å². The fourth-order valence-corrected chi connectivity index (χ4v) is 3.42. The van der Waals surface area contributed by atoms with Crippen LogP contribution in [0.2, 0.25) is 10.0 Å². The lowest BCUT2D eigenvalue weighted by Crippen LogP contribution is -1.99. The molecule has 2 aromatic rings. The highest BCUT2D eigenvalue weighted by atomic mass is 35.5. The van der Waals surface area contributed by atoms with Gasteiger partial charge < -0.3 is 5.73 Å². The normalized spacial score (nSPS) is 12.4. The van der Waals surface area contributed by atoms with Gasteiger partial charge in [-0.25, -0.2) is 4.39 Å². The van der Waals surface area contributed by atoms with Gasteiger partial charge in [-0.2, -0.15) is 0 Å². The molecule has 0 fully saturated rings. The molecule has 2 aromatic carbocycles. The smallest absolute Gasteiger partial charge is 0.125 e. The van der Waals surface area contributed by atoms with E-state index in [4.69, 9.17) is 28.9 Å². The fourth-order valence-electron chi connectivity index (χ4n) is 1.64. The number of nitrogen functional groups attached to an aromatic ring is 1. The average molecular weight is 318 g/mol. The maximum atomic E-state index is 13.2. The molecule has 0 spiro atoms. The van der Waals surface area contributed by atoms with Crippen molar-refractivity contribution in [2.24, 2.45) is 0 Å². The molecular weight excluding hydrogens is 308 g/mol. The molecule has 0 amide bonds. The van der Waals surface area contributed by atoms with Gasteiger partial charge in [-0.05, 0) is 42.0 Å². The summed E-state index contributed by atoms with van der Waals surface area (Å²) in [7, 11) is -1.41. The van der Waals surface area contributed by atoms with Crippen LogP contribution in [0, 0.1) is 5.82 Å². The molecule has 0 aromatic heterocycles. The van der Waals surface area contributed by atoms with Crippen molar-refractivity contribution in [1.29, 1.82) is 0 Å². The molecule has 2 nitrogen and oxygen atoms in total. The number of rotatable bonds is 3. The number of hydrogen-bond donors (Lipinski definition) is 1. The lowest BCUT2D eigenvalue weighted by Gasteiger charge is -2.06. The van der Waals surface area contributed by atoms with Gasteiger partial charge in [-0.3, -0.25) is 4.21 Å². The largest absolute Gasteiger partial charge is 0.399 e. The minimum absolute atomic E-state index is 0.127. The zero-order valence-electron chi connectivity index (χ0n) is 9.70. The Morgan fingerprint density at radius 3 is 2.58 bits per heavy atom. The molecule has 19 heavy (non-hydrogen) atoms. The van der Waals surface area contributed by atoms with Crippen LogP contribution in [0.4, 0.5) is 10.1 Å². The van der Waals surface area contributed by atoms with E-state index < -0.39 is 16.6 Å². The summed E-state index contributed by atoms with van der Waals surface area (Å²) in [5, 5.41) is 0.818. The number of nitrogens with two attached hydrogens (primary N) is 1. The number of hydrogen-bond acceptors (Lipinski definition) is 2. The summed E-state index contributed by atoms with van der Waals surface area (Å²) >= 11 is 11.8. The number of anilines is 1. The molecule has 0 saturated heterocycles. The second-order valence-electron chi connectivity index (χ2n) is 3.96. The van der Waals surface area contributed by atoms with Crippen LogP contribution < -0.4 is 5.73 Å². The highest BCUT2D eigenvalue weighted by Gasteiger charge is 2.11. The number of halogens is 3. The van der Waals surface area contributed by atoms with Gasteiger partial charge in [-0.1, -0.05) is 23.2 Å². The Hall–Kier alpha value is -1.10. The zero-order chi connectivity index (χ0) is 14.0. The number of benzene rings is 2. The molecular formula is C13H10Cl2FNOS. The Kier molecular flexibility index (Phi) is 4.45. The lowest BCUT2D eigenvalue weighted by atomic mass is 10.2. The lowest BCUT2D eigenvalue weighted by molar-refractivity contribution is 0.627. The molecule has 0 bridgehead atoms. The first-order chi connectivity index (χ1) is 8.95. The third-order valence-corrected chi connectivity index (χ3v) is 4.52. The van der Waals surface area contributed by atoms with Gasteiger partial charge in [0.15, 0.2) is 0 Å². The third kappa shape index (κ3) is 3.69. The fraction of sp³-hybridized carbons (Fsp3) is 0.0769. The van der Waals surface area contributed by atoms with E-state index in [2.05, 4.69) is 0 Å². The van der Waals surface area contributed by atoms with Gasteiger partial charge in [0.1, 0.15) is 5.82 Å². The monoisotopic (exact) mass is 317 g/mol. The molecule has 0 aliphatic rings. The Morgan fingerprint density at radius 1 is 1.16 bits per heavy atom. The Labute approximate surface area is 122 Å². The quantitative estimate of drug-likeness (QED) is 0.869. The molecule has 2 rings (SSSR count). The molecule has 100 valence electrons. The molecule has 1 atom stereocenters. The van der Waals surface area contributed by atoms with Crippen molar-refractivity contribution in [2.75, 3.05) is 5.73 Å². The standard InChI is InChI=1S/C13H10Cl2FNOS/c14-9-1-2-12(15)13(5-9)19(18)7-8-3-10(16)6-11(17)4-8/h1-6H,7,17H2. The summed E-state index contributed by atoms with van der Waals surface area (Å²) in [6.45, 7) is 0. The van der Waals surface area contributed by atoms with Crippen LogP contribution in [0.1, 0.15) is 5.56 Å². The van der Waals surface area contributed by atoms with Crippen LogP contribution in [0.3, 0.4) is 0 Å². The van der Waals surface area contributed by atoms with E-state index >= 15 is 0 Å². The van der Waals surface area contributed by atoms with Crippen molar-refractivity contribution < 1.29 is 8.60 Å². The minimum Gasteiger partial charge on any atom is -0.399 e. The first-order valence-corrected chi connectivity index (χ1v) is 7.41. The van der Waals surface area contributed by atoms with E-state index in [-0.39, 0.29) is 5.75 Å². The van der Waals surface area contributed by atoms with Crippen molar-refractivity contribution in [3.63, 3.8) is 0 Å². The van der Waals surface area contributed by atoms with Crippen molar-refractivity contribution in [3.05, 3.63) is 57.8 Å². The van der Waals surface area contributed by atoms with E-state index in [0.717, 1.165) is 0 Å². The zero-order valence-corrected chi connectivity index (χ0v) is 12.0. The minimum atomic E-state index is -1.41. The Bertz CT molecular complexity index is 628. The predicted octanol–water partition coefficient (Wildman–Crippen LogP) is 4.02. The predicted molar refractivity (Wildman–Crippen MR) is 77.4 cm³/mol. The first-order valence-electron chi connectivity index (χ1n) is 5.34. The van der Waals surface area contributed by atoms with Gasteiger partial charge >= 0.3 is 0 Å². The summed E-state index contributed by atoms with van der Waals surface area (Å²) in [5.74, 6) is -0.327. The van der Waals surface area contributed by atoms with Gasteiger partial charge in [0.2, 0.25) is 0 Å². The maximum absolute atomic E-state index is 13.2. The van der Waals surface area contributed by atoms with Crippen LogP contribution in [-0.2, 0) is 16.6 Å². The molecule has 2 N–H and O–H groups in total. The highest BCUT2D eigenvalue weighted by Crippen LogP contribution is 2.25. The Morgan fingerprint density at radius 2 is 1.89 bits per heavy atom.